The molecule has 0 aliphatic heterocycles. The van der Waals surface area contributed by atoms with Gasteiger partial charge in [0, 0.05) is 5.69 Å². The number of hydrogen-bond acceptors (Lipinski definition) is 1. The number of hydrogen-bond donors (Lipinski definition) is 2. The molecular weight excluding hydrogens is 255 g/mol. The van der Waals surface area contributed by atoms with E-state index in [1.807, 2.05) is 0 Å². The van der Waals surface area contributed by atoms with Crippen LogP contribution >= 0.6 is 11.6 Å². The smallest absolute Gasteiger partial charge is 0.316 e. The summed E-state index contributed by atoms with van der Waals surface area (Å²) in [4.78, 5) is 10.7. The van der Waals surface area contributed by atoms with Gasteiger partial charge in [0.1, 0.15) is 5.82 Å². The zero-order chi connectivity index (χ0) is 13.1. The first-order valence-corrected chi connectivity index (χ1v) is 5.56. The van der Waals surface area contributed by atoms with Crippen molar-refractivity contribution in [3.63, 3.8) is 0 Å². The molecule has 2 aromatic rings. The second-order valence-corrected chi connectivity index (χ2v) is 4.11. The van der Waals surface area contributed by atoms with Gasteiger partial charge in [0.15, 0.2) is 0 Å². The molecule has 0 aliphatic rings. The number of carbonyl (C=O) groups is 1. The average molecular weight is 265 g/mol. The fourth-order valence-electron chi connectivity index (χ4n) is 1.59. The molecule has 3 nitrogen and oxygen atoms in total. The van der Waals surface area contributed by atoms with Crippen LogP contribution in [0.3, 0.4) is 0 Å². The van der Waals surface area contributed by atoms with Gasteiger partial charge in [-0.1, -0.05) is 29.8 Å². The van der Waals surface area contributed by atoms with E-state index in [2.05, 4.69) is 5.32 Å². The van der Waals surface area contributed by atoms with Crippen molar-refractivity contribution in [3.05, 3.63) is 53.3 Å². The predicted octanol–water partition coefficient (Wildman–Crippen LogP) is 3.64. The molecule has 18 heavy (non-hydrogen) atoms. The van der Waals surface area contributed by atoms with E-state index in [1.54, 1.807) is 30.3 Å². The van der Waals surface area contributed by atoms with E-state index in [-0.39, 0.29) is 5.02 Å². The Kier molecular flexibility index (Phi) is 3.48. The summed E-state index contributed by atoms with van der Waals surface area (Å²) in [6.45, 7) is 0. The maximum Gasteiger partial charge on any atom is 0.316 e. The molecule has 0 bridgehead atoms. The number of anilines is 1. The summed E-state index contributed by atoms with van der Waals surface area (Å²) in [7, 11) is 0. The molecule has 0 atom stereocenters. The van der Waals surface area contributed by atoms with Gasteiger partial charge in [-0.25, -0.2) is 9.18 Å². The number of benzene rings is 2. The molecule has 0 heterocycles. The summed E-state index contributed by atoms with van der Waals surface area (Å²) in [5.74, 6) is -0.484. The van der Waals surface area contributed by atoms with Gasteiger partial charge < -0.3 is 11.1 Å². The third-order valence-corrected chi connectivity index (χ3v) is 2.69. The SMILES string of the molecule is NC(=O)Nc1cccc(-c2ccc(Cl)c(F)c2)c1. The maximum absolute atomic E-state index is 13.4. The van der Waals surface area contributed by atoms with Crippen molar-refractivity contribution >= 4 is 23.3 Å². The van der Waals surface area contributed by atoms with Gasteiger partial charge in [0.2, 0.25) is 0 Å². The van der Waals surface area contributed by atoms with Gasteiger partial charge in [-0.2, -0.15) is 0 Å². The second kappa shape index (κ2) is 5.06. The first-order valence-electron chi connectivity index (χ1n) is 5.18. The minimum Gasteiger partial charge on any atom is -0.351 e. The molecule has 3 N–H and O–H groups in total. The van der Waals surface area contributed by atoms with Crippen molar-refractivity contribution < 1.29 is 9.18 Å². The first kappa shape index (κ1) is 12.4. The van der Waals surface area contributed by atoms with E-state index in [9.17, 15) is 9.18 Å². The second-order valence-electron chi connectivity index (χ2n) is 3.70. The molecule has 0 saturated heterocycles. The summed E-state index contributed by atoms with van der Waals surface area (Å²) in [5, 5.41) is 2.53. The van der Waals surface area contributed by atoms with E-state index >= 15 is 0 Å². The van der Waals surface area contributed by atoms with Crippen molar-refractivity contribution in [3.8, 4) is 11.1 Å². The Morgan fingerprint density at radius 2 is 1.89 bits per heavy atom. The van der Waals surface area contributed by atoms with Crippen LogP contribution in [0.25, 0.3) is 11.1 Å². The standard InChI is InChI=1S/C13H10ClFN2O/c14-11-5-4-9(7-12(11)15)8-2-1-3-10(6-8)17-13(16)18/h1-7H,(H3,16,17,18). The van der Waals surface area contributed by atoms with Crippen LogP contribution in [0.4, 0.5) is 14.9 Å². The van der Waals surface area contributed by atoms with Crippen molar-refractivity contribution in [1.29, 1.82) is 0 Å². The summed E-state index contributed by atoms with van der Waals surface area (Å²) >= 11 is 5.62. The molecule has 2 aromatic carbocycles. The highest BCUT2D eigenvalue weighted by Gasteiger charge is 2.04. The Labute approximate surface area is 108 Å². The van der Waals surface area contributed by atoms with Crippen LogP contribution in [0, 0.1) is 5.82 Å². The van der Waals surface area contributed by atoms with Crippen LogP contribution in [-0.2, 0) is 0 Å². The van der Waals surface area contributed by atoms with E-state index in [0.29, 0.717) is 11.3 Å². The van der Waals surface area contributed by atoms with E-state index in [0.717, 1.165) is 5.56 Å². The van der Waals surface area contributed by atoms with Gasteiger partial charge in [0.05, 0.1) is 5.02 Å². The number of rotatable bonds is 2. The number of nitrogens with two attached hydrogens (primary N) is 1. The van der Waals surface area contributed by atoms with Gasteiger partial charge in [-0.3, -0.25) is 0 Å². The highest BCUT2D eigenvalue weighted by molar-refractivity contribution is 6.30. The van der Waals surface area contributed by atoms with Crippen LogP contribution in [0.2, 0.25) is 5.02 Å². The van der Waals surface area contributed by atoms with Crippen molar-refractivity contribution in [1.82, 2.24) is 0 Å². The Morgan fingerprint density at radius 1 is 1.17 bits per heavy atom. The monoisotopic (exact) mass is 264 g/mol. The zero-order valence-electron chi connectivity index (χ0n) is 9.28. The lowest BCUT2D eigenvalue weighted by atomic mass is 10.1. The van der Waals surface area contributed by atoms with Crippen LogP contribution in [0.5, 0.6) is 0 Å². The Balaban J connectivity index is 2.38. The average Bonchev–Trinajstić information content (AvgIpc) is 2.32. The number of nitrogens with one attached hydrogen (secondary N) is 1. The molecular formula is C13H10ClFN2O. The molecule has 0 aliphatic carbocycles. The largest absolute Gasteiger partial charge is 0.351 e. The van der Waals surface area contributed by atoms with Crippen molar-refractivity contribution in [2.45, 2.75) is 0 Å². The number of halogens is 2. The lowest BCUT2D eigenvalue weighted by Gasteiger charge is -2.06. The van der Waals surface area contributed by atoms with E-state index in [4.69, 9.17) is 17.3 Å². The summed E-state index contributed by atoms with van der Waals surface area (Å²) in [6.07, 6.45) is 0. The number of primary amides is 1. The molecule has 92 valence electrons. The molecule has 0 radical (unpaired) electrons. The third-order valence-electron chi connectivity index (χ3n) is 2.38. The zero-order valence-corrected chi connectivity index (χ0v) is 10.0. The maximum atomic E-state index is 13.4. The minimum atomic E-state index is -0.644. The molecule has 5 heteroatoms. The fourth-order valence-corrected chi connectivity index (χ4v) is 1.71. The normalized spacial score (nSPS) is 10.1. The third kappa shape index (κ3) is 2.78. The van der Waals surface area contributed by atoms with Crippen molar-refractivity contribution in [2.75, 3.05) is 5.32 Å². The van der Waals surface area contributed by atoms with Gasteiger partial charge in [0.25, 0.3) is 0 Å². The summed E-state index contributed by atoms with van der Waals surface area (Å²) in [5.41, 5.74) is 7.01. The van der Waals surface area contributed by atoms with Crippen LogP contribution in [-0.4, -0.2) is 6.03 Å². The fraction of sp³-hybridized carbons (Fsp3) is 0. The van der Waals surface area contributed by atoms with Gasteiger partial charge >= 0.3 is 6.03 Å². The predicted molar refractivity (Wildman–Crippen MR) is 70.1 cm³/mol. The lowest BCUT2D eigenvalue weighted by molar-refractivity contribution is 0.259. The molecule has 0 saturated carbocycles. The number of amides is 2. The molecule has 0 unspecified atom stereocenters. The Bertz CT molecular complexity index is 601. The molecule has 0 spiro atoms. The lowest BCUT2D eigenvalue weighted by Crippen LogP contribution is -2.19. The van der Waals surface area contributed by atoms with Gasteiger partial charge in [-0.05, 0) is 35.4 Å². The molecule has 0 aromatic heterocycles. The summed E-state index contributed by atoms with van der Waals surface area (Å²) < 4.78 is 13.4. The molecule has 2 amide bonds. The number of urea groups is 1. The highest BCUT2D eigenvalue weighted by Crippen LogP contribution is 2.26. The topological polar surface area (TPSA) is 55.1 Å². The summed E-state index contributed by atoms with van der Waals surface area (Å²) in [6, 6.07) is 10.8. The van der Waals surface area contributed by atoms with Crippen LogP contribution < -0.4 is 11.1 Å². The Morgan fingerprint density at radius 3 is 2.56 bits per heavy atom. The molecule has 0 fully saturated rings. The van der Waals surface area contributed by atoms with Crippen LogP contribution in [0.15, 0.2) is 42.5 Å². The van der Waals surface area contributed by atoms with Crippen LogP contribution in [0.1, 0.15) is 0 Å². The van der Waals surface area contributed by atoms with E-state index in [1.165, 1.54) is 12.1 Å². The van der Waals surface area contributed by atoms with Crippen molar-refractivity contribution in [2.24, 2.45) is 5.73 Å². The minimum absolute atomic E-state index is 0.0742. The number of carbonyl (C=O) groups excluding carboxylic acids is 1. The Hall–Kier alpha value is -2.07. The highest BCUT2D eigenvalue weighted by atomic mass is 35.5. The van der Waals surface area contributed by atoms with E-state index < -0.39 is 11.8 Å². The van der Waals surface area contributed by atoms with Gasteiger partial charge in [-0.15, -0.1) is 0 Å². The quantitative estimate of drug-likeness (QED) is 0.855. The molecule has 2 rings (SSSR count). The first-order chi connectivity index (χ1) is 8.56.